The average molecular weight is 275 g/mol. The standard InChI is InChI=1S/C17H29N3/c1-19(2)14-17-9-6-12-20(17)16(13-18)11-10-15-7-4-3-5-8-15/h3-5,7-8,16-17H,6,9-14,18H2,1-2H3. The molecule has 2 unspecified atom stereocenters. The summed E-state index contributed by atoms with van der Waals surface area (Å²) in [5, 5.41) is 0. The van der Waals surface area contributed by atoms with Gasteiger partial charge in [-0.15, -0.1) is 0 Å². The molecule has 0 radical (unpaired) electrons. The van der Waals surface area contributed by atoms with E-state index in [-0.39, 0.29) is 0 Å². The predicted octanol–water partition coefficient (Wildman–Crippen LogP) is 1.97. The molecule has 0 aliphatic carbocycles. The molecule has 0 aromatic heterocycles. The summed E-state index contributed by atoms with van der Waals surface area (Å²) in [7, 11) is 4.33. The van der Waals surface area contributed by atoms with E-state index in [0.717, 1.165) is 19.5 Å². The molecule has 1 heterocycles. The Morgan fingerprint density at radius 1 is 1.30 bits per heavy atom. The maximum atomic E-state index is 6.05. The van der Waals surface area contributed by atoms with E-state index in [0.29, 0.717) is 12.1 Å². The molecule has 20 heavy (non-hydrogen) atoms. The van der Waals surface area contributed by atoms with Crippen LogP contribution in [0.25, 0.3) is 0 Å². The fourth-order valence-corrected chi connectivity index (χ4v) is 3.35. The second-order valence-electron chi connectivity index (χ2n) is 6.21. The quantitative estimate of drug-likeness (QED) is 0.826. The summed E-state index contributed by atoms with van der Waals surface area (Å²) in [5.74, 6) is 0. The van der Waals surface area contributed by atoms with Crippen LogP contribution >= 0.6 is 0 Å². The van der Waals surface area contributed by atoms with Crippen molar-refractivity contribution in [3.05, 3.63) is 35.9 Å². The smallest absolute Gasteiger partial charge is 0.0226 e. The maximum Gasteiger partial charge on any atom is 0.0226 e. The molecule has 3 nitrogen and oxygen atoms in total. The van der Waals surface area contributed by atoms with Gasteiger partial charge in [-0.1, -0.05) is 30.3 Å². The Kier molecular flexibility index (Phi) is 6.02. The minimum Gasteiger partial charge on any atom is -0.329 e. The van der Waals surface area contributed by atoms with Crippen molar-refractivity contribution in [2.24, 2.45) is 5.73 Å². The molecule has 2 N–H and O–H groups in total. The van der Waals surface area contributed by atoms with Crippen molar-refractivity contribution in [1.29, 1.82) is 0 Å². The van der Waals surface area contributed by atoms with Crippen molar-refractivity contribution in [1.82, 2.24) is 9.80 Å². The number of hydrogen-bond acceptors (Lipinski definition) is 3. The topological polar surface area (TPSA) is 32.5 Å². The van der Waals surface area contributed by atoms with Gasteiger partial charge >= 0.3 is 0 Å². The van der Waals surface area contributed by atoms with E-state index in [2.05, 4.69) is 54.2 Å². The van der Waals surface area contributed by atoms with E-state index < -0.39 is 0 Å². The lowest BCUT2D eigenvalue weighted by molar-refractivity contribution is 0.149. The third-order valence-electron chi connectivity index (χ3n) is 4.35. The molecule has 1 aromatic carbocycles. The van der Waals surface area contributed by atoms with Crippen molar-refractivity contribution in [3.8, 4) is 0 Å². The number of nitrogens with zero attached hydrogens (tertiary/aromatic N) is 2. The van der Waals surface area contributed by atoms with Gasteiger partial charge in [-0.3, -0.25) is 4.90 Å². The van der Waals surface area contributed by atoms with Crippen LogP contribution in [-0.2, 0) is 6.42 Å². The molecule has 1 aromatic rings. The third kappa shape index (κ3) is 4.30. The molecule has 1 aliphatic heterocycles. The van der Waals surface area contributed by atoms with Crippen LogP contribution in [-0.4, -0.2) is 55.6 Å². The summed E-state index contributed by atoms with van der Waals surface area (Å²) in [6.07, 6.45) is 4.94. The fraction of sp³-hybridized carbons (Fsp3) is 0.647. The predicted molar refractivity (Wildman–Crippen MR) is 85.9 cm³/mol. The highest BCUT2D eigenvalue weighted by Gasteiger charge is 2.29. The highest BCUT2D eigenvalue weighted by Crippen LogP contribution is 2.22. The van der Waals surface area contributed by atoms with Gasteiger partial charge in [0.05, 0.1) is 0 Å². The van der Waals surface area contributed by atoms with Crippen LogP contribution in [0.1, 0.15) is 24.8 Å². The largest absolute Gasteiger partial charge is 0.329 e. The van der Waals surface area contributed by atoms with Gasteiger partial charge in [-0.05, 0) is 51.9 Å². The molecule has 1 aliphatic rings. The first kappa shape index (κ1) is 15.5. The van der Waals surface area contributed by atoms with E-state index >= 15 is 0 Å². The van der Waals surface area contributed by atoms with Gasteiger partial charge in [-0.25, -0.2) is 0 Å². The fourth-order valence-electron chi connectivity index (χ4n) is 3.35. The summed E-state index contributed by atoms with van der Waals surface area (Å²) in [6, 6.07) is 12.0. The number of likely N-dealkylation sites (N-methyl/N-ethyl adjacent to an activating group) is 1. The Hall–Kier alpha value is -0.900. The molecule has 2 rings (SSSR count). The van der Waals surface area contributed by atoms with Crippen molar-refractivity contribution < 1.29 is 0 Å². The first-order valence-corrected chi connectivity index (χ1v) is 7.85. The van der Waals surface area contributed by atoms with E-state index in [9.17, 15) is 0 Å². The molecule has 0 bridgehead atoms. The first-order chi connectivity index (χ1) is 9.70. The third-order valence-corrected chi connectivity index (χ3v) is 4.35. The number of likely N-dealkylation sites (tertiary alicyclic amines) is 1. The Balaban J connectivity index is 1.90. The van der Waals surface area contributed by atoms with Crippen LogP contribution in [0, 0.1) is 0 Å². The van der Waals surface area contributed by atoms with E-state index in [1.807, 2.05) is 0 Å². The zero-order chi connectivity index (χ0) is 14.4. The highest BCUT2D eigenvalue weighted by atomic mass is 15.2. The summed E-state index contributed by atoms with van der Waals surface area (Å²) in [5.41, 5.74) is 7.48. The molecule has 1 fully saturated rings. The maximum absolute atomic E-state index is 6.05. The summed E-state index contributed by atoms with van der Waals surface area (Å²) in [6.45, 7) is 3.15. The van der Waals surface area contributed by atoms with Crippen molar-refractivity contribution in [2.45, 2.75) is 37.8 Å². The number of benzene rings is 1. The Morgan fingerprint density at radius 3 is 2.70 bits per heavy atom. The molecular weight excluding hydrogens is 246 g/mol. The van der Waals surface area contributed by atoms with Gasteiger partial charge in [0.25, 0.3) is 0 Å². The first-order valence-electron chi connectivity index (χ1n) is 7.85. The lowest BCUT2D eigenvalue weighted by atomic mass is 10.0. The summed E-state index contributed by atoms with van der Waals surface area (Å²) in [4.78, 5) is 4.96. The average Bonchev–Trinajstić information content (AvgIpc) is 2.88. The second-order valence-corrected chi connectivity index (χ2v) is 6.21. The van der Waals surface area contributed by atoms with E-state index in [4.69, 9.17) is 5.73 Å². The minimum absolute atomic E-state index is 0.530. The molecule has 0 saturated carbocycles. The summed E-state index contributed by atoms with van der Waals surface area (Å²) < 4.78 is 0. The second kappa shape index (κ2) is 7.77. The number of hydrogen-bond donors (Lipinski definition) is 1. The van der Waals surface area contributed by atoms with Gasteiger partial charge in [0.15, 0.2) is 0 Å². The highest BCUT2D eigenvalue weighted by molar-refractivity contribution is 5.14. The molecule has 1 saturated heterocycles. The van der Waals surface area contributed by atoms with Crippen LogP contribution in [0.4, 0.5) is 0 Å². The van der Waals surface area contributed by atoms with Crippen molar-refractivity contribution >= 4 is 0 Å². The number of rotatable bonds is 7. The van der Waals surface area contributed by atoms with E-state index in [1.165, 1.54) is 31.4 Å². The number of aryl methyl sites for hydroxylation is 1. The van der Waals surface area contributed by atoms with E-state index in [1.54, 1.807) is 0 Å². The van der Waals surface area contributed by atoms with Gasteiger partial charge in [0.1, 0.15) is 0 Å². The van der Waals surface area contributed by atoms with Gasteiger partial charge in [0, 0.05) is 25.2 Å². The monoisotopic (exact) mass is 275 g/mol. The molecular formula is C17H29N3. The Bertz CT molecular complexity index is 377. The number of nitrogens with two attached hydrogens (primary N) is 1. The van der Waals surface area contributed by atoms with Crippen LogP contribution < -0.4 is 5.73 Å². The zero-order valence-electron chi connectivity index (χ0n) is 13.0. The van der Waals surface area contributed by atoms with Crippen LogP contribution in [0.5, 0.6) is 0 Å². The summed E-state index contributed by atoms with van der Waals surface area (Å²) >= 11 is 0. The van der Waals surface area contributed by atoms with Gasteiger partial charge in [-0.2, -0.15) is 0 Å². The SMILES string of the molecule is CN(C)CC1CCCN1C(CN)CCc1ccccc1. The molecule has 0 amide bonds. The van der Waals surface area contributed by atoms with Gasteiger partial charge < -0.3 is 10.6 Å². The lowest BCUT2D eigenvalue weighted by Gasteiger charge is -2.34. The Labute approximate surface area is 123 Å². The van der Waals surface area contributed by atoms with Gasteiger partial charge in [0.2, 0.25) is 0 Å². The lowest BCUT2D eigenvalue weighted by Crippen LogP contribution is -2.47. The molecule has 0 spiro atoms. The van der Waals surface area contributed by atoms with Crippen LogP contribution in [0.15, 0.2) is 30.3 Å². The normalized spacial score (nSPS) is 21.5. The minimum atomic E-state index is 0.530. The Morgan fingerprint density at radius 2 is 2.05 bits per heavy atom. The van der Waals surface area contributed by atoms with Crippen LogP contribution in [0.2, 0.25) is 0 Å². The zero-order valence-corrected chi connectivity index (χ0v) is 13.0. The van der Waals surface area contributed by atoms with Crippen molar-refractivity contribution in [2.75, 3.05) is 33.7 Å². The molecule has 3 heteroatoms. The van der Waals surface area contributed by atoms with Crippen molar-refractivity contribution in [3.63, 3.8) is 0 Å². The van der Waals surface area contributed by atoms with Crippen LogP contribution in [0.3, 0.4) is 0 Å². The molecule has 112 valence electrons. The molecule has 2 atom stereocenters.